The monoisotopic (exact) mass is 414 g/mol. The topological polar surface area (TPSA) is 102 Å². The number of nitrogens with zero attached hydrogens (tertiary/aromatic N) is 1. The van der Waals surface area contributed by atoms with Crippen LogP contribution in [-0.4, -0.2) is 47.8 Å². The first-order valence-corrected chi connectivity index (χ1v) is 9.92. The Bertz CT molecular complexity index is 883. The Kier molecular flexibility index (Phi) is 6.24. The number of hydrogen-bond acceptors (Lipinski definition) is 6. The highest BCUT2D eigenvalue weighted by atomic mass is 16.5. The third kappa shape index (κ3) is 4.08. The SMILES string of the molecule is COc1ccc(C)cc1NC(=O)[C@@H](C)OC(=O)[C@H](C)N1C(=O)[C@H]2CC=CC[C@@H]2C1=O. The summed E-state index contributed by atoms with van der Waals surface area (Å²) in [5, 5.41) is 2.68. The molecule has 1 fully saturated rings. The third-order valence-corrected chi connectivity index (χ3v) is 5.55. The minimum atomic E-state index is -1.12. The highest BCUT2D eigenvalue weighted by molar-refractivity contribution is 6.08. The third-order valence-electron chi connectivity index (χ3n) is 5.55. The van der Waals surface area contributed by atoms with Crippen LogP contribution in [0.15, 0.2) is 30.4 Å². The second-order valence-electron chi connectivity index (χ2n) is 7.65. The maximum Gasteiger partial charge on any atom is 0.329 e. The van der Waals surface area contributed by atoms with Gasteiger partial charge in [0.2, 0.25) is 11.8 Å². The largest absolute Gasteiger partial charge is 0.495 e. The molecule has 0 radical (unpaired) electrons. The van der Waals surface area contributed by atoms with Gasteiger partial charge in [-0.05, 0) is 51.3 Å². The zero-order chi connectivity index (χ0) is 22.0. The predicted molar refractivity (Wildman–Crippen MR) is 109 cm³/mol. The number of imide groups is 1. The Morgan fingerprint density at radius 1 is 1.10 bits per heavy atom. The van der Waals surface area contributed by atoms with Crippen molar-refractivity contribution >= 4 is 29.4 Å². The van der Waals surface area contributed by atoms with Crippen LogP contribution in [0, 0.1) is 18.8 Å². The number of likely N-dealkylation sites (tertiary alicyclic amines) is 1. The molecule has 1 aliphatic heterocycles. The lowest BCUT2D eigenvalue weighted by atomic mass is 9.85. The van der Waals surface area contributed by atoms with Gasteiger partial charge in [-0.25, -0.2) is 4.79 Å². The maximum absolute atomic E-state index is 12.6. The van der Waals surface area contributed by atoms with Crippen LogP contribution in [0.3, 0.4) is 0 Å². The molecule has 1 saturated heterocycles. The van der Waals surface area contributed by atoms with E-state index in [1.54, 1.807) is 12.1 Å². The zero-order valence-corrected chi connectivity index (χ0v) is 17.5. The van der Waals surface area contributed by atoms with Gasteiger partial charge in [0.25, 0.3) is 5.91 Å². The number of ether oxygens (including phenoxy) is 2. The maximum atomic E-state index is 12.6. The van der Waals surface area contributed by atoms with E-state index in [-0.39, 0.29) is 11.8 Å². The summed E-state index contributed by atoms with van der Waals surface area (Å²) in [6.45, 7) is 4.74. The van der Waals surface area contributed by atoms with Gasteiger partial charge in [0.15, 0.2) is 6.10 Å². The van der Waals surface area contributed by atoms with Crippen LogP contribution in [0.5, 0.6) is 5.75 Å². The van der Waals surface area contributed by atoms with Crippen molar-refractivity contribution in [3.05, 3.63) is 35.9 Å². The molecule has 2 aliphatic rings. The summed E-state index contributed by atoms with van der Waals surface area (Å²) in [5.74, 6) is -2.44. The summed E-state index contributed by atoms with van der Waals surface area (Å²) in [6.07, 6.45) is 3.62. The Morgan fingerprint density at radius 2 is 1.70 bits per heavy atom. The van der Waals surface area contributed by atoms with Crippen LogP contribution in [0.4, 0.5) is 5.69 Å². The molecule has 1 aromatic rings. The number of benzene rings is 1. The molecule has 30 heavy (non-hydrogen) atoms. The standard InChI is InChI=1S/C22H26N2O6/c1-12-9-10-18(29-4)17(11-12)23-19(25)14(3)30-22(28)13(2)24-20(26)15-7-5-6-8-16(15)21(24)27/h5-6,9-11,13-16H,7-8H2,1-4H3,(H,23,25)/t13-,14+,15-,16-/m0/s1. The van der Waals surface area contributed by atoms with Gasteiger partial charge in [0.1, 0.15) is 11.8 Å². The number of carbonyl (C=O) groups is 4. The number of rotatable bonds is 6. The average Bonchev–Trinajstić information content (AvgIpc) is 2.98. The van der Waals surface area contributed by atoms with Crippen LogP contribution in [0.1, 0.15) is 32.3 Å². The molecule has 4 atom stereocenters. The van der Waals surface area contributed by atoms with Gasteiger partial charge in [-0.3, -0.25) is 19.3 Å². The molecule has 8 heteroatoms. The summed E-state index contributed by atoms with van der Waals surface area (Å²) in [5.41, 5.74) is 1.38. The predicted octanol–water partition coefficient (Wildman–Crippen LogP) is 2.21. The van der Waals surface area contributed by atoms with Gasteiger partial charge >= 0.3 is 5.97 Å². The summed E-state index contributed by atoms with van der Waals surface area (Å²) in [4.78, 5) is 51.3. The van der Waals surface area contributed by atoms with Crippen LogP contribution in [0.25, 0.3) is 0 Å². The summed E-state index contributed by atoms with van der Waals surface area (Å²) >= 11 is 0. The number of hydrogen-bond donors (Lipinski definition) is 1. The van der Waals surface area contributed by atoms with Crippen LogP contribution in [-0.2, 0) is 23.9 Å². The molecule has 1 aromatic carbocycles. The van der Waals surface area contributed by atoms with Crippen LogP contribution >= 0.6 is 0 Å². The van der Waals surface area contributed by atoms with Crippen molar-refractivity contribution in [1.82, 2.24) is 4.90 Å². The number of allylic oxidation sites excluding steroid dienone is 2. The lowest BCUT2D eigenvalue weighted by Crippen LogP contribution is -2.46. The number of aryl methyl sites for hydroxylation is 1. The number of carbonyl (C=O) groups excluding carboxylic acids is 4. The lowest BCUT2D eigenvalue weighted by molar-refractivity contribution is -0.163. The minimum absolute atomic E-state index is 0.361. The van der Waals surface area contributed by atoms with E-state index in [1.807, 2.05) is 25.1 Å². The minimum Gasteiger partial charge on any atom is -0.495 e. The first-order valence-electron chi connectivity index (χ1n) is 9.92. The highest BCUT2D eigenvalue weighted by Crippen LogP contribution is 2.36. The van der Waals surface area contributed by atoms with E-state index in [0.29, 0.717) is 24.3 Å². The van der Waals surface area contributed by atoms with Gasteiger partial charge in [0, 0.05) is 0 Å². The van der Waals surface area contributed by atoms with Gasteiger partial charge in [-0.1, -0.05) is 18.2 Å². The average molecular weight is 414 g/mol. The second kappa shape index (κ2) is 8.69. The van der Waals surface area contributed by atoms with Gasteiger partial charge < -0.3 is 14.8 Å². The van der Waals surface area contributed by atoms with E-state index in [9.17, 15) is 19.2 Å². The summed E-state index contributed by atoms with van der Waals surface area (Å²) < 4.78 is 10.5. The molecule has 0 bridgehead atoms. The molecule has 3 amide bonds. The van der Waals surface area contributed by atoms with Gasteiger partial charge in [-0.15, -0.1) is 0 Å². The normalized spacial score (nSPS) is 22.3. The van der Waals surface area contributed by atoms with Crippen molar-refractivity contribution in [2.45, 2.75) is 45.8 Å². The molecule has 160 valence electrons. The van der Waals surface area contributed by atoms with E-state index in [1.165, 1.54) is 21.0 Å². The molecule has 1 heterocycles. The number of esters is 1. The smallest absolute Gasteiger partial charge is 0.329 e. The number of methoxy groups -OCH3 is 1. The van der Waals surface area contributed by atoms with Crippen molar-refractivity contribution in [2.24, 2.45) is 11.8 Å². The highest BCUT2D eigenvalue weighted by Gasteiger charge is 2.50. The molecule has 0 aromatic heterocycles. The zero-order valence-electron chi connectivity index (χ0n) is 17.5. The van der Waals surface area contributed by atoms with Crippen molar-refractivity contribution in [3.63, 3.8) is 0 Å². The lowest BCUT2D eigenvalue weighted by Gasteiger charge is -2.23. The molecule has 1 N–H and O–H groups in total. The van der Waals surface area contributed by atoms with E-state index in [0.717, 1.165) is 10.5 Å². The van der Waals surface area contributed by atoms with Crippen molar-refractivity contribution in [2.75, 3.05) is 12.4 Å². The van der Waals surface area contributed by atoms with Crippen LogP contribution in [0.2, 0.25) is 0 Å². The van der Waals surface area contributed by atoms with E-state index in [2.05, 4.69) is 5.32 Å². The number of anilines is 1. The van der Waals surface area contributed by atoms with Crippen LogP contribution < -0.4 is 10.1 Å². The van der Waals surface area contributed by atoms with Crippen molar-refractivity contribution < 1.29 is 28.7 Å². The van der Waals surface area contributed by atoms with Crippen molar-refractivity contribution in [1.29, 1.82) is 0 Å². The summed E-state index contributed by atoms with van der Waals surface area (Å²) in [7, 11) is 1.49. The molecular formula is C22H26N2O6. The fraction of sp³-hybridized carbons (Fsp3) is 0.455. The first-order chi connectivity index (χ1) is 14.2. The molecule has 8 nitrogen and oxygen atoms in total. The molecule has 0 spiro atoms. The summed E-state index contributed by atoms with van der Waals surface area (Å²) in [6, 6.07) is 4.21. The fourth-order valence-corrected chi connectivity index (χ4v) is 3.79. The first kappa shape index (κ1) is 21.5. The van der Waals surface area contributed by atoms with Gasteiger partial charge in [-0.2, -0.15) is 0 Å². The Labute approximate surface area is 175 Å². The van der Waals surface area contributed by atoms with Gasteiger partial charge in [0.05, 0.1) is 24.6 Å². The number of fused-ring (bicyclic) bond motifs is 1. The Morgan fingerprint density at radius 3 is 2.27 bits per heavy atom. The molecule has 1 aliphatic carbocycles. The van der Waals surface area contributed by atoms with E-state index < -0.39 is 35.9 Å². The van der Waals surface area contributed by atoms with Crippen molar-refractivity contribution in [3.8, 4) is 5.75 Å². The quantitative estimate of drug-likeness (QED) is 0.435. The van der Waals surface area contributed by atoms with E-state index in [4.69, 9.17) is 9.47 Å². The molecular weight excluding hydrogens is 388 g/mol. The molecule has 0 saturated carbocycles. The Hall–Kier alpha value is -3.16. The number of nitrogens with one attached hydrogen (secondary N) is 1. The van der Waals surface area contributed by atoms with E-state index >= 15 is 0 Å². The Balaban J connectivity index is 1.64. The molecule has 0 unspecified atom stereocenters. The molecule has 3 rings (SSSR count). The number of amides is 3. The fourth-order valence-electron chi connectivity index (χ4n) is 3.79. The second-order valence-corrected chi connectivity index (χ2v) is 7.65.